The lowest BCUT2D eigenvalue weighted by Gasteiger charge is -2.31. The average Bonchev–Trinajstić information content (AvgIpc) is 2.86. The van der Waals surface area contributed by atoms with Crippen molar-refractivity contribution in [1.29, 1.82) is 0 Å². The number of hydrogen-bond acceptors (Lipinski definition) is 3. The predicted octanol–water partition coefficient (Wildman–Crippen LogP) is 3.35. The normalized spacial score (nSPS) is 16.6. The van der Waals surface area contributed by atoms with Gasteiger partial charge in [0.15, 0.2) is 0 Å². The fourth-order valence-corrected chi connectivity index (χ4v) is 3.68. The Morgan fingerprint density at radius 1 is 1.12 bits per heavy atom. The van der Waals surface area contributed by atoms with E-state index in [9.17, 15) is 0 Å². The van der Waals surface area contributed by atoms with Gasteiger partial charge in [-0.3, -0.25) is 0 Å². The highest BCUT2D eigenvalue weighted by atomic mass is 32.1. The minimum atomic E-state index is 0.639. The molecule has 0 unspecified atom stereocenters. The Morgan fingerprint density at radius 3 is 2.71 bits per heavy atom. The second-order valence-corrected chi connectivity index (χ2v) is 5.58. The van der Waals surface area contributed by atoms with Gasteiger partial charge in [-0.2, -0.15) is 0 Å². The van der Waals surface area contributed by atoms with Gasteiger partial charge in [0.1, 0.15) is 0 Å². The molecule has 17 heavy (non-hydrogen) atoms. The van der Waals surface area contributed by atoms with Crippen LogP contribution in [0.3, 0.4) is 0 Å². The van der Waals surface area contributed by atoms with Crippen molar-refractivity contribution < 1.29 is 0 Å². The Bertz CT molecular complexity index is 512. The second-order valence-electron chi connectivity index (χ2n) is 4.66. The predicted molar refractivity (Wildman–Crippen MR) is 75.8 cm³/mol. The first-order valence-corrected chi connectivity index (χ1v) is 7.22. The highest BCUT2D eigenvalue weighted by Crippen LogP contribution is 2.36. The number of fused-ring (bicyclic) bond motifs is 1. The number of anilines is 1. The molecule has 1 aromatic carbocycles. The van der Waals surface area contributed by atoms with Gasteiger partial charge in [-0.25, -0.2) is 0 Å². The van der Waals surface area contributed by atoms with Gasteiger partial charge in [0, 0.05) is 19.6 Å². The van der Waals surface area contributed by atoms with E-state index in [-0.39, 0.29) is 0 Å². The van der Waals surface area contributed by atoms with E-state index in [2.05, 4.69) is 28.5 Å². The van der Waals surface area contributed by atoms with Crippen LogP contribution in [0.2, 0.25) is 0 Å². The number of nitrogens with two attached hydrogens (primary N) is 1. The van der Waals surface area contributed by atoms with Crippen molar-refractivity contribution in [3.63, 3.8) is 0 Å². The van der Waals surface area contributed by atoms with E-state index >= 15 is 0 Å². The molecule has 0 radical (unpaired) electrons. The first kappa shape index (κ1) is 11.1. The summed E-state index contributed by atoms with van der Waals surface area (Å²) in [7, 11) is 0. The van der Waals surface area contributed by atoms with Gasteiger partial charge in [0.05, 0.1) is 10.4 Å². The van der Waals surface area contributed by atoms with Crippen molar-refractivity contribution in [3.05, 3.63) is 29.1 Å². The van der Waals surface area contributed by atoms with E-state index in [4.69, 9.17) is 5.73 Å². The zero-order chi connectivity index (χ0) is 11.7. The minimum absolute atomic E-state index is 0.639. The summed E-state index contributed by atoms with van der Waals surface area (Å²) in [5.41, 5.74) is 8.59. The van der Waals surface area contributed by atoms with Crippen molar-refractivity contribution >= 4 is 27.1 Å². The third kappa shape index (κ3) is 1.94. The monoisotopic (exact) mass is 246 g/mol. The lowest BCUT2D eigenvalue weighted by molar-refractivity contribution is 0.578. The maximum absolute atomic E-state index is 5.90. The minimum Gasteiger partial charge on any atom is -0.370 e. The van der Waals surface area contributed by atoms with Crippen molar-refractivity contribution in [1.82, 2.24) is 0 Å². The lowest BCUT2D eigenvalue weighted by atomic mass is 10.1. The first-order valence-electron chi connectivity index (χ1n) is 6.34. The maximum Gasteiger partial charge on any atom is 0.0593 e. The summed E-state index contributed by atoms with van der Waals surface area (Å²) < 4.78 is 1.41. The summed E-state index contributed by atoms with van der Waals surface area (Å²) in [5, 5.41) is 3.53. The zero-order valence-electron chi connectivity index (χ0n) is 9.98. The Balaban J connectivity index is 2.12. The van der Waals surface area contributed by atoms with E-state index in [1.807, 2.05) is 11.3 Å². The van der Waals surface area contributed by atoms with Crippen molar-refractivity contribution in [2.45, 2.75) is 25.8 Å². The molecule has 0 bridgehead atoms. The SMILES string of the molecule is NCc1ccc2ccsc2c1N1CCCCC1. The molecule has 0 saturated carbocycles. The van der Waals surface area contributed by atoms with Gasteiger partial charge in [0.2, 0.25) is 0 Å². The molecule has 0 spiro atoms. The van der Waals surface area contributed by atoms with Crippen LogP contribution in [0.1, 0.15) is 24.8 Å². The number of benzene rings is 1. The van der Waals surface area contributed by atoms with Gasteiger partial charge >= 0.3 is 0 Å². The van der Waals surface area contributed by atoms with Crippen LogP contribution in [0.15, 0.2) is 23.6 Å². The van der Waals surface area contributed by atoms with E-state index in [0.29, 0.717) is 6.54 Å². The maximum atomic E-state index is 5.90. The van der Waals surface area contributed by atoms with Gasteiger partial charge in [-0.15, -0.1) is 11.3 Å². The summed E-state index contributed by atoms with van der Waals surface area (Å²) in [5.74, 6) is 0. The largest absolute Gasteiger partial charge is 0.370 e. The molecule has 3 rings (SSSR count). The summed E-state index contributed by atoms with van der Waals surface area (Å²) in [6.45, 7) is 3.01. The summed E-state index contributed by atoms with van der Waals surface area (Å²) in [6, 6.07) is 6.59. The van der Waals surface area contributed by atoms with Crippen LogP contribution in [0.25, 0.3) is 10.1 Å². The van der Waals surface area contributed by atoms with Crippen molar-refractivity contribution in [3.8, 4) is 0 Å². The molecule has 2 N–H and O–H groups in total. The number of hydrogen-bond donors (Lipinski definition) is 1. The third-order valence-electron chi connectivity index (χ3n) is 3.57. The second kappa shape index (κ2) is 4.67. The molecule has 2 nitrogen and oxygen atoms in total. The number of thiophene rings is 1. The quantitative estimate of drug-likeness (QED) is 0.880. The molecule has 0 aliphatic carbocycles. The molecular formula is C14H18N2S. The Hall–Kier alpha value is -1.06. The highest BCUT2D eigenvalue weighted by Gasteiger charge is 2.17. The van der Waals surface area contributed by atoms with E-state index in [0.717, 1.165) is 0 Å². The molecule has 90 valence electrons. The van der Waals surface area contributed by atoms with Gasteiger partial charge in [0.25, 0.3) is 0 Å². The van der Waals surface area contributed by atoms with Crippen LogP contribution in [0, 0.1) is 0 Å². The molecule has 2 aromatic rings. The van der Waals surface area contributed by atoms with E-state index in [1.54, 1.807) is 0 Å². The highest BCUT2D eigenvalue weighted by molar-refractivity contribution is 7.17. The molecule has 1 fully saturated rings. The lowest BCUT2D eigenvalue weighted by Crippen LogP contribution is -2.30. The number of nitrogens with zero attached hydrogens (tertiary/aromatic N) is 1. The molecule has 1 aliphatic heterocycles. The Morgan fingerprint density at radius 2 is 1.94 bits per heavy atom. The standard InChI is InChI=1S/C14H18N2S/c15-10-12-5-4-11-6-9-17-14(11)13(12)16-7-2-1-3-8-16/h4-6,9H,1-3,7-8,10,15H2. The van der Waals surface area contributed by atoms with Crippen molar-refractivity contribution in [2.24, 2.45) is 5.73 Å². The van der Waals surface area contributed by atoms with Crippen LogP contribution in [0.5, 0.6) is 0 Å². The topological polar surface area (TPSA) is 29.3 Å². The van der Waals surface area contributed by atoms with Gasteiger partial charge < -0.3 is 10.6 Å². The zero-order valence-corrected chi connectivity index (χ0v) is 10.8. The molecule has 3 heteroatoms. The van der Waals surface area contributed by atoms with Crippen LogP contribution in [0.4, 0.5) is 5.69 Å². The first-order chi connectivity index (χ1) is 8.40. The molecule has 1 aromatic heterocycles. The molecule has 1 saturated heterocycles. The third-order valence-corrected chi connectivity index (χ3v) is 4.51. The summed E-state index contributed by atoms with van der Waals surface area (Å²) >= 11 is 1.84. The van der Waals surface area contributed by atoms with Crippen molar-refractivity contribution in [2.75, 3.05) is 18.0 Å². The smallest absolute Gasteiger partial charge is 0.0593 e. The van der Waals surface area contributed by atoms with Crippen LogP contribution in [-0.4, -0.2) is 13.1 Å². The van der Waals surface area contributed by atoms with Gasteiger partial charge in [-0.1, -0.05) is 12.1 Å². The average molecular weight is 246 g/mol. The number of rotatable bonds is 2. The fraction of sp³-hybridized carbons (Fsp3) is 0.429. The van der Waals surface area contributed by atoms with E-state index in [1.165, 1.54) is 53.7 Å². The van der Waals surface area contributed by atoms with E-state index < -0.39 is 0 Å². The Labute approximate surface area is 106 Å². The molecule has 2 heterocycles. The summed E-state index contributed by atoms with van der Waals surface area (Å²) in [6.07, 6.45) is 3.99. The molecule has 0 amide bonds. The molecule has 0 atom stereocenters. The molecule has 1 aliphatic rings. The van der Waals surface area contributed by atoms with Crippen LogP contribution < -0.4 is 10.6 Å². The van der Waals surface area contributed by atoms with Crippen LogP contribution in [-0.2, 0) is 6.54 Å². The van der Waals surface area contributed by atoms with Crippen LogP contribution >= 0.6 is 11.3 Å². The Kier molecular flexibility index (Phi) is 3.04. The fourth-order valence-electron chi connectivity index (χ4n) is 2.69. The molecular weight excluding hydrogens is 228 g/mol. The van der Waals surface area contributed by atoms with Gasteiger partial charge in [-0.05, 0) is 41.7 Å². The summed E-state index contributed by atoms with van der Waals surface area (Å²) in [4.78, 5) is 2.53. The number of piperidine rings is 1.